The van der Waals surface area contributed by atoms with E-state index in [1.54, 1.807) is 16.8 Å². The maximum atomic E-state index is 12.2. The van der Waals surface area contributed by atoms with Crippen LogP contribution in [0, 0.1) is 0 Å². The Labute approximate surface area is 153 Å². The molecule has 0 spiro atoms. The number of carbonyl (C=O) groups excluding carboxylic acids is 2. The molecule has 3 aromatic rings. The quantitative estimate of drug-likeness (QED) is 0.691. The summed E-state index contributed by atoms with van der Waals surface area (Å²) in [6, 6.07) is 11.5. The van der Waals surface area contributed by atoms with Gasteiger partial charge in [0.1, 0.15) is 0 Å². The monoisotopic (exact) mass is 371 g/mol. The molecule has 7 heteroatoms. The van der Waals surface area contributed by atoms with Crippen molar-refractivity contribution in [3.63, 3.8) is 0 Å². The standard InChI is InChI=1S/C18H17N3O2S2/c1-12(13-5-3-2-4-6-13)19-16(22)9-15-11-25-18(20-15)21-17(23)14-7-8-24-10-14/h2-8,10-12H,9H2,1H3,(H,19,22)(H,20,21,23). The summed E-state index contributed by atoms with van der Waals surface area (Å²) in [5, 5.41) is 11.6. The summed E-state index contributed by atoms with van der Waals surface area (Å²) in [5.74, 6) is -0.290. The van der Waals surface area contributed by atoms with Crippen LogP contribution in [0.5, 0.6) is 0 Å². The zero-order valence-electron chi connectivity index (χ0n) is 13.6. The van der Waals surface area contributed by atoms with Crippen LogP contribution in [0.1, 0.15) is 34.6 Å². The van der Waals surface area contributed by atoms with Gasteiger partial charge in [0.05, 0.1) is 23.7 Å². The third-order valence-electron chi connectivity index (χ3n) is 3.57. The first-order valence-electron chi connectivity index (χ1n) is 7.74. The van der Waals surface area contributed by atoms with Gasteiger partial charge in [0.15, 0.2) is 5.13 Å². The number of amides is 2. The number of aromatic nitrogens is 1. The number of hydrogen-bond acceptors (Lipinski definition) is 5. The first kappa shape index (κ1) is 17.3. The molecule has 0 fully saturated rings. The minimum Gasteiger partial charge on any atom is -0.349 e. The molecular formula is C18H17N3O2S2. The van der Waals surface area contributed by atoms with Gasteiger partial charge in [0.2, 0.25) is 5.91 Å². The molecule has 3 rings (SSSR count). The fraction of sp³-hybridized carbons (Fsp3) is 0.167. The summed E-state index contributed by atoms with van der Waals surface area (Å²) < 4.78 is 0. The average Bonchev–Trinajstić information content (AvgIpc) is 3.27. The number of benzene rings is 1. The molecule has 2 heterocycles. The van der Waals surface area contributed by atoms with E-state index in [0.29, 0.717) is 16.4 Å². The maximum absolute atomic E-state index is 12.2. The molecule has 0 aliphatic heterocycles. The molecule has 2 aromatic heterocycles. The number of thiophene rings is 1. The van der Waals surface area contributed by atoms with Crippen molar-refractivity contribution in [1.29, 1.82) is 0 Å². The van der Waals surface area contributed by atoms with Gasteiger partial charge in [-0.15, -0.1) is 11.3 Å². The molecule has 0 bridgehead atoms. The van der Waals surface area contributed by atoms with Gasteiger partial charge in [-0.1, -0.05) is 30.3 Å². The normalized spacial score (nSPS) is 11.7. The largest absolute Gasteiger partial charge is 0.349 e. The fourth-order valence-corrected chi connectivity index (χ4v) is 3.63. The molecule has 1 aromatic carbocycles. The second kappa shape index (κ2) is 8.04. The molecule has 0 saturated carbocycles. The molecule has 2 amide bonds. The molecule has 1 atom stereocenters. The van der Waals surface area contributed by atoms with Crippen molar-refractivity contribution < 1.29 is 9.59 Å². The minimum absolute atomic E-state index is 0.0647. The van der Waals surface area contributed by atoms with Crippen LogP contribution in [-0.4, -0.2) is 16.8 Å². The molecular weight excluding hydrogens is 354 g/mol. The third kappa shape index (κ3) is 4.74. The Bertz CT molecular complexity index is 844. The Morgan fingerprint density at radius 3 is 2.68 bits per heavy atom. The van der Waals surface area contributed by atoms with Gasteiger partial charge in [-0.25, -0.2) is 4.98 Å². The fourth-order valence-electron chi connectivity index (χ4n) is 2.29. The number of carbonyl (C=O) groups is 2. The van der Waals surface area contributed by atoms with Gasteiger partial charge in [0, 0.05) is 10.8 Å². The number of anilines is 1. The summed E-state index contributed by atoms with van der Waals surface area (Å²) in [7, 11) is 0. The lowest BCUT2D eigenvalue weighted by Gasteiger charge is -2.13. The molecule has 25 heavy (non-hydrogen) atoms. The SMILES string of the molecule is CC(NC(=O)Cc1csc(NC(=O)c2ccsc2)n1)c1ccccc1. The number of nitrogens with zero attached hydrogens (tertiary/aromatic N) is 1. The second-order valence-corrected chi connectivity index (χ2v) is 7.12. The van der Waals surface area contributed by atoms with Crippen LogP contribution in [0.15, 0.2) is 52.5 Å². The van der Waals surface area contributed by atoms with Crippen molar-refractivity contribution in [3.8, 4) is 0 Å². The highest BCUT2D eigenvalue weighted by atomic mass is 32.1. The van der Waals surface area contributed by atoms with Crippen molar-refractivity contribution in [2.24, 2.45) is 0 Å². The van der Waals surface area contributed by atoms with E-state index in [1.807, 2.05) is 42.6 Å². The van der Waals surface area contributed by atoms with Crippen LogP contribution in [0.25, 0.3) is 0 Å². The van der Waals surface area contributed by atoms with Crippen LogP contribution in [-0.2, 0) is 11.2 Å². The van der Waals surface area contributed by atoms with Gasteiger partial charge >= 0.3 is 0 Å². The van der Waals surface area contributed by atoms with Crippen molar-refractivity contribution >= 4 is 39.6 Å². The van der Waals surface area contributed by atoms with Crippen LogP contribution >= 0.6 is 22.7 Å². The molecule has 0 aliphatic rings. The lowest BCUT2D eigenvalue weighted by atomic mass is 10.1. The lowest BCUT2D eigenvalue weighted by Crippen LogP contribution is -2.28. The van der Waals surface area contributed by atoms with Crippen molar-refractivity contribution in [1.82, 2.24) is 10.3 Å². The average molecular weight is 371 g/mol. The first-order chi connectivity index (χ1) is 12.1. The van der Waals surface area contributed by atoms with E-state index in [9.17, 15) is 9.59 Å². The Hall–Kier alpha value is -2.51. The van der Waals surface area contributed by atoms with E-state index in [-0.39, 0.29) is 24.3 Å². The van der Waals surface area contributed by atoms with Gasteiger partial charge < -0.3 is 5.32 Å². The van der Waals surface area contributed by atoms with Gasteiger partial charge in [-0.3, -0.25) is 14.9 Å². The van der Waals surface area contributed by atoms with E-state index >= 15 is 0 Å². The zero-order valence-corrected chi connectivity index (χ0v) is 15.2. The van der Waals surface area contributed by atoms with Crippen molar-refractivity contribution in [2.45, 2.75) is 19.4 Å². The summed E-state index contributed by atoms with van der Waals surface area (Å²) in [6.07, 6.45) is 0.183. The molecule has 5 nitrogen and oxygen atoms in total. The van der Waals surface area contributed by atoms with E-state index in [0.717, 1.165) is 5.56 Å². The summed E-state index contributed by atoms with van der Waals surface area (Å²) in [4.78, 5) is 28.5. The van der Waals surface area contributed by atoms with E-state index in [4.69, 9.17) is 0 Å². The van der Waals surface area contributed by atoms with Gasteiger partial charge in [-0.2, -0.15) is 11.3 Å². The lowest BCUT2D eigenvalue weighted by molar-refractivity contribution is -0.121. The predicted molar refractivity (Wildman–Crippen MR) is 101 cm³/mol. The van der Waals surface area contributed by atoms with Crippen LogP contribution < -0.4 is 10.6 Å². The molecule has 0 saturated heterocycles. The van der Waals surface area contributed by atoms with Crippen molar-refractivity contribution in [3.05, 3.63) is 69.4 Å². The molecule has 2 N–H and O–H groups in total. The highest BCUT2D eigenvalue weighted by Gasteiger charge is 2.13. The molecule has 128 valence electrons. The number of nitrogens with one attached hydrogen (secondary N) is 2. The second-order valence-electron chi connectivity index (χ2n) is 5.49. The zero-order chi connectivity index (χ0) is 17.6. The van der Waals surface area contributed by atoms with E-state index in [1.165, 1.54) is 22.7 Å². The first-order valence-corrected chi connectivity index (χ1v) is 9.56. The van der Waals surface area contributed by atoms with E-state index < -0.39 is 0 Å². The Morgan fingerprint density at radius 1 is 1.16 bits per heavy atom. The summed E-state index contributed by atoms with van der Waals surface area (Å²) in [6.45, 7) is 1.95. The van der Waals surface area contributed by atoms with Crippen LogP contribution in [0.4, 0.5) is 5.13 Å². The third-order valence-corrected chi connectivity index (χ3v) is 5.06. The van der Waals surface area contributed by atoms with Crippen LogP contribution in [0.2, 0.25) is 0 Å². The number of hydrogen-bond donors (Lipinski definition) is 2. The topological polar surface area (TPSA) is 71.1 Å². The highest BCUT2D eigenvalue weighted by Crippen LogP contribution is 2.18. The minimum atomic E-state index is -0.190. The molecule has 1 unspecified atom stereocenters. The Balaban J connectivity index is 1.54. The predicted octanol–water partition coefficient (Wildman–Crippen LogP) is 3.88. The highest BCUT2D eigenvalue weighted by molar-refractivity contribution is 7.14. The van der Waals surface area contributed by atoms with Crippen LogP contribution in [0.3, 0.4) is 0 Å². The Kier molecular flexibility index (Phi) is 5.57. The number of thiazole rings is 1. The van der Waals surface area contributed by atoms with E-state index in [2.05, 4.69) is 15.6 Å². The van der Waals surface area contributed by atoms with Crippen molar-refractivity contribution in [2.75, 3.05) is 5.32 Å². The maximum Gasteiger partial charge on any atom is 0.258 e. The summed E-state index contributed by atoms with van der Waals surface area (Å²) in [5.41, 5.74) is 2.30. The van der Waals surface area contributed by atoms with Gasteiger partial charge in [-0.05, 0) is 23.9 Å². The Morgan fingerprint density at radius 2 is 1.96 bits per heavy atom. The summed E-state index contributed by atoms with van der Waals surface area (Å²) >= 11 is 2.78. The molecule has 0 aliphatic carbocycles. The van der Waals surface area contributed by atoms with Gasteiger partial charge in [0.25, 0.3) is 5.91 Å². The molecule has 0 radical (unpaired) electrons. The smallest absolute Gasteiger partial charge is 0.258 e. The number of rotatable bonds is 6.